The van der Waals surface area contributed by atoms with E-state index >= 15 is 0 Å². The summed E-state index contributed by atoms with van der Waals surface area (Å²) in [6, 6.07) is 0. The van der Waals surface area contributed by atoms with Gasteiger partial charge < -0.3 is 0 Å². The maximum atomic E-state index is 4.06. The first kappa shape index (κ1) is 11.4. The molecular formula is C6H15N9. The molecule has 6 N–H and O–H groups in total. The van der Waals surface area contributed by atoms with Gasteiger partial charge in [-0.15, -0.1) is 0 Å². The molecule has 0 spiro atoms. The Morgan fingerprint density at radius 1 is 0.600 bits per heavy atom. The van der Waals surface area contributed by atoms with E-state index in [1.165, 1.54) is 0 Å². The Labute approximate surface area is 87.4 Å². The van der Waals surface area contributed by atoms with Crippen LogP contribution in [0.5, 0.6) is 0 Å². The van der Waals surface area contributed by atoms with Crippen molar-refractivity contribution in [3.05, 3.63) is 0 Å². The number of hydrazine groups is 3. The largest absolute Gasteiger partial charge is 0.290 e. The fraction of sp³-hybridized carbons (Fsp3) is 0.500. The van der Waals surface area contributed by atoms with Gasteiger partial charge in [0, 0.05) is 21.1 Å². The van der Waals surface area contributed by atoms with E-state index in [-0.39, 0.29) is 0 Å². The van der Waals surface area contributed by atoms with Crippen LogP contribution in [0.4, 0.5) is 17.8 Å². The molecule has 1 aromatic rings. The Bertz CT molecular complexity index is 241. The molecule has 0 atom stereocenters. The van der Waals surface area contributed by atoms with E-state index in [1.54, 1.807) is 21.1 Å². The third-order valence-corrected chi connectivity index (χ3v) is 1.35. The molecule has 9 nitrogen and oxygen atoms in total. The van der Waals surface area contributed by atoms with E-state index < -0.39 is 0 Å². The normalized spacial score (nSPS) is 9.80. The van der Waals surface area contributed by atoms with Crippen molar-refractivity contribution in [1.29, 1.82) is 0 Å². The molecule has 0 amide bonds. The predicted octanol–water partition coefficient (Wildman–Crippen LogP) is -1.49. The second-order valence-electron chi connectivity index (χ2n) is 2.43. The van der Waals surface area contributed by atoms with Crippen LogP contribution in [0.15, 0.2) is 0 Å². The van der Waals surface area contributed by atoms with Crippen LogP contribution >= 0.6 is 0 Å². The fourth-order valence-corrected chi connectivity index (χ4v) is 0.879. The lowest BCUT2D eigenvalue weighted by Gasteiger charge is -2.09. The van der Waals surface area contributed by atoms with E-state index in [2.05, 4.69) is 47.5 Å². The highest BCUT2D eigenvalue weighted by molar-refractivity contribution is 5.40. The summed E-state index contributed by atoms with van der Waals surface area (Å²) < 4.78 is 0. The van der Waals surface area contributed by atoms with Gasteiger partial charge >= 0.3 is 0 Å². The Hall–Kier alpha value is -1.71. The highest BCUT2D eigenvalue weighted by atomic mass is 15.5. The zero-order chi connectivity index (χ0) is 11.1. The monoisotopic (exact) mass is 213 g/mol. The second-order valence-corrected chi connectivity index (χ2v) is 2.43. The van der Waals surface area contributed by atoms with Crippen molar-refractivity contribution in [3.63, 3.8) is 0 Å². The van der Waals surface area contributed by atoms with Gasteiger partial charge in [-0.1, -0.05) is 0 Å². The molecule has 15 heavy (non-hydrogen) atoms. The first-order valence-corrected chi connectivity index (χ1v) is 4.34. The summed E-state index contributed by atoms with van der Waals surface area (Å²) in [7, 11) is 5.17. The third-order valence-electron chi connectivity index (χ3n) is 1.35. The standard InChI is InChI=1S/C6H15N9/c1-7-13-4-10-5(14-8-2)12-6(11-4)15-9-3/h7-9H,1-3H3,(H3,10,11,12,13,14,15). The molecule has 0 aliphatic carbocycles. The molecule has 84 valence electrons. The van der Waals surface area contributed by atoms with Crippen LogP contribution in [0.3, 0.4) is 0 Å². The van der Waals surface area contributed by atoms with E-state index in [0.29, 0.717) is 17.8 Å². The summed E-state index contributed by atoms with van der Waals surface area (Å²) in [6.07, 6.45) is 0. The SMILES string of the molecule is CNNc1nc(NNC)nc(NNC)n1. The molecule has 9 heteroatoms. The van der Waals surface area contributed by atoms with Crippen LogP contribution in [0.25, 0.3) is 0 Å². The van der Waals surface area contributed by atoms with Crippen molar-refractivity contribution in [2.45, 2.75) is 0 Å². The quantitative estimate of drug-likeness (QED) is 0.315. The van der Waals surface area contributed by atoms with Gasteiger partial charge in [-0.05, 0) is 0 Å². The van der Waals surface area contributed by atoms with Crippen LogP contribution in [-0.4, -0.2) is 36.1 Å². The second kappa shape index (κ2) is 5.90. The Morgan fingerprint density at radius 2 is 0.867 bits per heavy atom. The number of hydrogen-bond donors (Lipinski definition) is 6. The number of hydrogen-bond acceptors (Lipinski definition) is 9. The lowest BCUT2D eigenvalue weighted by Crippen LogP contribution is -2.24. The summed E-state index contributed by atoms with van der Waals surface area (Å²) in [6.45, 7) is 0. The molecule has 1 heterocycles. The Kier molecular flexibility index (Phi) is 4.47. The van der Waals surface area contributed by atoms with Crippen LogP contribution in [0.1, 0.15) is 0 Å². The number of nitrogens with zero attached hydrogens (tertiary/aromatic N) is 3. The van der Waals surface area contributed by atoms with Gasteiger partial charge in [-0.3, -0.25) is 16.3 Å². The zero-order valence-corrected chi connectivity index (χ0v) is 8.84. The van der Waals surface area contributed by atoms with Gasteiger partial charge in [0.2, 0.25) is 17.8 Å². The minimum Gasteiger partial charge on any atom is -0.290 e. The van der Waals surface area contributed by atoms with Gasteiger partial charge in [-0.2, -0.15) is 15.0 Å². The number of anilines is 3. The minimum atomic E-state index is 0.406. The molecule has 0 saturated carbocycles. The van der Waals surface area contributed by atoms with Crippen molar-refractivity contribution in [2.24, 2.45) is 0 Å². The molecule has 0 bridgehead atoms. The third kappa shape index (κ3) is 3.50. The van der Waals surface area contributed by atoms with Crippen molar-refractivity contribution in [2.75, 3.05) is 37.4 Å². The summed E-state index contributed by atoms with van der Waals surface area (Å²) in [5.74, 6) is 1.22. The van der Waals surface area contributed by atoms with E-state index in [4.69, 9.17) is 0 Å². The maximum Gasteiger partial charge on any atom is 0.244 e. The average Bonchev–Trinajstić information content (AvgIpc) is 2.19. The van der Waals surface area contributed by atoms with Crippen molar-refractivity contribution < 1.29 is 0 Å². The average molecular weight is 213 g/mol. The Balaban J connectivity index is 2.86. The number of rotatable bonds is 6. The zero-order valence-electron chi connectivity index (χ0n) is 8.84. The molecular weight excluding hydrogens is 198 g/mol. The van der Waals surface area contributed by atoms with E-state index in [1.807, 2.05) is 0 Å². The van der Waals surface area contributed by atoms with Crippen LogP contribution in [0.2, 0.25) is 0 Å². The number of nitrogens with one attached hydrogen (secondary N) is 6. The van der Waals surface area contributed by atoms with Crippen LogP contribution in [0, 0.1) is 0 Å². The Morgan fingerprint density at radius 3 is 1.07 bits per heavy atom. The van der Waals surface area contributed by atoms with E-state index in [9.17, 15) is 0 Å². The molecule has 0 saturated heterocycles. The van der Waals surface area contributed by atoms with Crippen molar-refractivity contribution >= 4 is 17.8 Å². The summed E-state index contributed by atoms with van der Waals surface area (Å²) in [5.41, 5.74) is 16.4. The lowest BCUT2D eigenvalue weighted by molar-refractivity contribution is 0.871. The molecule has 0 unspecified atom stereocenters. The minimum absolute atomic E-state index is 0.406. The van der Waals surface area contributed by atoms with Gasteiger partial charge in [0.05, 0.1) is 0 Å². The lowest BCUT2D eigenvalue weighted by atomic mass is 10.8. The molecule has 0 radical (unpaired) electrons. The van der Waals surface area contributed by atoms with Crippen molar-refractivity contribution in [1.82, 2.24) is 31.2 Å². The first-order valence-electron chi connectivity index (χ1n) is 4.34. The van der Waals surface area contributed by atoms with E-state index in [0.717, 1.165) is 0 Å². The van der Waals surface area contributed by atoms with Gasteiger partial charge in [-0.25, -0.2) is 16.3 Å². The molecule has 0 aliphatic heterocycles. The smallest absolute Gasteiger partial charge is 0.244 e. The van der Waals surface area contributed by atoms with Crippen LogP contribution < -0.4 is 32.6 Å². The van der Waals surface area contributed by atoms with Gasteiger partial charge in [0.15, 0.2) is 0 Å². The molecule has 0 aliphatic rings. The first-order chi connectivity index (χ1) is 7.30. The van der Waals surface area contributed by atoms with Crippen LogP contribution in [-0.2, 0) is 0 Å². The maximum absolute atomic E-state index is 4.06. The molecule has 0 aromatic carbocycles. The summed E-state index contributed by atoms with van der Waals surface area (Å²) in [4.78, 5) is 12.2. The van der Waals surface area contributed by atoms with Crippen molar-refractivity contribution in [3.8, 4) is 0 Å². The fourth-order valence-electron chi connectivity index (χ4n) is 0.879. The topological polar surface area (TPSA) is 111 Å². The molecule has 1 aromatic heterocycles. The molecule has 0 fully saturated rings. The molecule has 1 rings (SSSR count). The summed E-state index contributed by atoms with van der Waals surface area (Å²) >= 11 is 0. The highest BCUT2D eigenvalue weighted by Gasteiger charge is 2.03. The number of aromatic nitrogens is 3. The summed E-state index contributed by atoms with van der Waals surface area (Å²) in [5, 5.41) is 0. The predicted molar refractivity (Wildman–Crippen MR) is 57.9 cm³/mol. The highest BCUT2D eigenvalue weighted by Crippen LogP contribution is 2.06. The van der Waals surface area contributed by atoms with Gasteiger partial charge in [0.1, 0.15) is 0 Å². The van der Waals surface area contributed by atoms with Gasteiger partial charge in [0.25, 0.3) is 0 Å².